The van der Waals surface area contributed by atoms with E-state index in [2.05, 4.69) is 10.1 Å². The highest BCUT2D eigenvalue weighted by Gasteiger charge is 2.52. The molecule has 3 aromatic rings. The van der Waals surface area contributed by atoms with Gasteiger partial charge in [0.15, 0.2) is 0 Å². The van der Waals surface area contributed by atoms with Gasteiger partial charge in [-0.3, -0.25) is 9.58 Å². The van der Waals surface area contributed by atoms with Crippen molar-refractivity contribution >= 4 is 11.9 Å². The van der Waals surface area contributed by atoms with Crippen LogP contribution >= 0.6 is 0 Å². The minimum atomic E-state index is -2.97. The van der Waals surface area contributed by atoms with Gasteiger partial charge in [-0.2, -0.15) is 13.9 Å². The van der Waals surface area contributed by atoms with E-state index in [1.165, 1.54) is 0 Å². The number of fused-ring (bicyclic) bond motifs is 3. The van der Waals surface area contributed by atoms with Crippen molar-refractivity contribution in [3.05, 3.63) is 60.0 Å². The summed E-state index contributed by atoms with van der Waals surface area (Å²) in [6, 6.07) is 13.4. The maximum atomic E-state index is 14.1. The molecule has 2 heterocycles. The molecule has 3 saturated carbocycles. The van der Waals surface area contributed by atoms with E-state index in [1.807, 2.05) is 71.0 Å². The maximum absolute atomic E-state index is 14.1. The monoisotopic (exact) mass is 594 g/mol. The number of anilines is 1. The molecule has 3 aliphatic rings. The number of ether oxygens (including phenoxy) is 2. The van der Waals surface area contributed by atoms with Crippen molar-refractivity contribution in [3.8, 4) is 16.9 Å². The lowest BCUT2D eigenvalue weighted by atomic mass is 9.52. The maximum Gasteiger partial charge on any atom is 0.416 e. The van der Waals surface area contributed by atoms with Crippen molar-refractivity contribution in [2.45, 2.75) is 103 Å². The molecule has 2 bridgehead atoms. The fourth-order valence-electron chi connectivity index (χ4n) is 6.70. The first kappa shape index (κ1) is 31.0. The standard InChI is InChI=1S/C34H44F2N4O3/c1-23(2)42-26-10-8-24(9-11-26)25-12-19-37-29(20-25)40(30(41)43-31(3,4)5)22-33-13-16-34(17-14-33,18-15-33)28-21-27(32(6,35)36)38-39(28)7/h8-12,19-21,23H,13-18,22H2,1-7H3. The van der Waals surface area contributed by atoms with Gasteiger partial charge >= 0.3 is 6.09 Å². The van der Waals surface area contributed by atoms with Crippen LogP contribution in [0.25, 0.3) is 11.1 Å². The van der Waals surface area contributed by atoms with E-state index in [1.54, 1.807) is 28.9 Å². The summed E-state index contributed by atoms with van der Waals surface area (Å²) in [6.07, 6.45) is 6.63. The molecule has 0 N–H and O–H groups in total. The van der Waals surface area contributed by atoms with Gasteiger partial charge in [0.25, 0.3) is 5.92 Å². The van der Waals surface area contributed by atoms with Crippen molar-refractivity contribution in [1.82, 2.24) is 14.8 Å². The average Bonchev–Trinajstić information content (AvgIpc) is 3.35. The Labute approximate surface area is 253 Å². The van der Waals surface area contributed by atoms with Crippen molar-refractivity contribution in [2.24, 2.45) is 12.5 Å². The number of halogens is 2. The third kappa shape index (κ3) is 6.70. The predicted octanol–water partition coefficient (Wildman–Crippen LogP) is 8.41. The molecule has 2 aromatic heterocycles. The molecular weight excluding hydrogens is 550 g/mol. The first-order valence-electron chi connectivity index (χ1n) is 15.2. The fraction of sp³-hybridized carbons (Fsp3) is 0.559. The van der Waals surface area contributed by atoms with E-state index < -0.39 is 17.6 Å². The highest BCUT2D eigenvalue weighted by Crippen LogP contribution is 2.58. The third-order valence-electron chi connectivity index (χ3n) is 8.96. The minimum absolute atomic E-state index is 0.0903. The van der Waals surface area contributed by atoms with Crippen molar-refractivity contribution in [2.75, 3.05) is 11.4 Å². The zero-order valence-corrected chi connectivity index (χ0v) is 26.4. The molecule has 3 aliphatic carbocycles. The lowest BCUT2D eigenvalue weighted by Crippen LogP contribution is -2.51. The summed E-state index contributed by atoms with van der Waals surface area (Å²) in [6.45, 7) is 11.0. The molecule has 0 saturated heterocycles. The Morgan fingerprint density at radius 1 is 0.977 bits per heavy atom. The van der Waals surface area contributed by atoms with Gasteiger partial charge in [-0.05, 0) is 120 Å². The minimum Gasteiger partial charge on any atom is -0.491 e. The summed E-state index contributed by atoms with van der Waals surface area (Å²) in [4.78, 5) is 20.0. The van der Waals surface area contributed by atoms with Gasteiger partial charge in [0.05, 0.1) is 6.10 Å². The number of aryl methyl sites for hydroxylation is 1. The van der Waals surface area contributed by atoms with Gasteiger partial charge in [-0.15, -0.1) is 0 Å². The molecule has 1 aromatic carbocycles. The van der Waals surface area contributed by atoms with Gasteiger partial charge in [-0.25, -0.2) is 9.78 Å². The fourth-order valence-corrected chi connectivity index (χ4v) is 6.70. The second-order valence-electron chi connectivity index (χ2n) is 13.9. The highest BCUT2D eigenvalue weighted by molar-refractivity contribution is 5.87. The lowest BCUT2D eigenvalue weighted by Gasteiger charge is -2.54. The zero-order chi connectivity index (χ0) is 31.2. The van der Waals surface area contributed by atoms with Crippen molar-refractivity contribution in [3.63, 3.8) is 0 Å². The second kappa shape index (κ2) is 11.2. The molecule has 0 spiro atoms. The van der Waals surface area contributed by atoms with Crippen LogP contribution in [0.3, 0.4) is 0 Å². The first-order chi connectivity index (χ1) is 20.1. The Morgan fingerprint density at radius 2 is 1.60 bits per heavy atom. The van der Waals surface area contributed by atoms with E-state index in [-0.39, 0.29) is 22.6 Å². The number of amides is 1. The van der Waals surface area contributed by atoms with E-state index in [0.29, 0.717) is 12.4 Å². The molecule has 6 rings (SSSR count). The molecule has 7 nitrogen and oxygen atoms in total. The molecule has 0 unspecified atom stereocenters. The molecule has 9 heteroatoms. The summed E-state index contributed by atoms with van der Waals surface area (Å²) >= 11 is 0. The van der Waals surface area contributed by atoms with Crippen LogP contribution in [0.2, 0.25) is 0 Å². The van der Waals surface area contributed by atoms with Gasteiger partial charge < -0.3 is 9.47 Å². The molecule has 0 atom stereocenters. The topological polar surface area (TPSA) is 69.5 Å². The SMILES string of the molecule is CC(C)Oc1ccc(-c2ccnc(N(CC34CCC(c5cc(C(C)(F)F)nn5C)(CC3)CC4)C(=O)OC(C)(C)C)c2)cc1. The number of aromatic nitrogens is 3. The van der Waals surface area contributed by atoms with E-state index >= 15 is 0 Å². The molecule has 1 amide bonds. The van der Waals surface area contributed by atoms with Crippen LogP contribution in [0.4, 0.5) is 19.4 Å². The van der Waals surface area contributed by atoms with Crippen LogP contribution in [-0.4, -0.2) is 39.1 Å². The Hall–Kier alpha value is -3.49. The largest absolute Gasteiger partial charge is 0.491 e. The van der Waals surface area contributed by atoms with Crippen LogP contribution in [0.1, 0.15) is 91.5 Å². The van der Waals surface area contributed by atoms with Crippen LogP contribution in [0, 0.1) is 5.41 Å². The summed E-state index contributed by atoms with van der Waals surface area (Å²) < 4.78 is 41.5. The summed E-state index contributed by atoms with van der Waals surface area (Å²) in [5, 5.41) is 4.16. The highest BCUT2D eigenvalue weighted by atomic mass is 19.3. The number of benzene rings is 1. The Kier molecular flexibility index (Phi) is 8.07. The van der Waals surface area contributed by atoms with E-state index in [0.717, 1.165) is 68.0 Å². The second-order valence-corrected chi connectivity index (χ2v) is 13.9. The predicted molar refractivity (Wildman–Crippen MR) is 164 cm³/mol. The molecule has 0 aliphatic heterocycles. The quantitative estimate of drug-likeness (QED) is 0.262. The van der Waals surface area contributed by atoms with Gasteiger partial charge in [0, 0.05) is 37.8 Å². The number of rotatable bonds is 8. The zero-order valence-electron chi connectivity index (χ0n) is 26.4. The number of hydrogen-bond donors (Lipinski definition) is 0. The van der Waals surface area contributed by atoms with Gasteiger partial charge in [-0.1, -0.05) is 12.1 Å². The number of alkyl halides is 2. The average molecular weight is 595 g/mol. The van der Waals surface area contributed by atoms with Gasteiger partial charge in [0.1, 0.15) is 22.9 Å². The number of nitrogens with zero attached hydrogens (tertiary/aromatic N) is 4. The van der Waals surface area contributed by atoms with Crippen molar-refractivity contribution in [1.29, 1.82) is 0 Å². The number of pyridine rings is 1. The van der Waals surface area contributed by atoms with Crippen molar-refractivity contribution < 1.29 is 23.0 Å². The normalized spacial score (nSPS) is 22.1. The Balaban J connectivity index is 1.40. The van der Waals surface area contributed by atoms with Crippen LogP contribution in [-0.2, 0) is 23.1 Å². The molecule has 0 radical (unpaired) electrons. The third-order valence-corrected chi connectivity index (χ3v) is 8.96. The first-order valence-corrected chi connectivity index (χ1v) is 15.2. The lowest BCUT2D eigenvalue weighted by molar-refractivity contribution is 0.0122. The smallest absolute Gasteiger partial charge is 0.416 e. The molecular formula is C34H44F2N4O3. The Bertz CT molecular complexity index is 1430. The number of carbonyl (C=O) groups is 1. The van der Waals surface area contributed by atoms with E-state index in [9.17, 15) is 13.6 Å². The number of hydrogen-bond acceptors (Lipinski definition) is 5. The van der Waals surface area contributed by atoms with Crippen LogP contribution < -0.4 is 9.64 Å². The Morgan fingerprint density at radius 3 is 2.14 bits per heavy atom. The molecule has 43 heavy (non-hydrogen) atoms. The number of carbonyl (C=O) groups excluding carboxylic acids is 1. The summed E-state index contributed by atoms with van der Waals surface area (Å²) in [7, 11) is 1.77. The van der Waals surface area contributed by atoms with E-state index in [4.69, 9.17) is 9.47 Å². The van der Waals surface area contributed by atoms with Gasteiger partial charge in [0.2, 0.25) is 0 Å². The summed E-state index contributed by atoms with van der Waals surface area (Å²) in [5.41, 5.74) is 1.71. The van der Waals surface area contributed by atoms with Crippen LogP contribution in [0.15, 0.2) is 48.7 Å². The summed E-state index contributed by atoms with van der Waals surface area (Å²) in [5.74, 6) is -1.62. The molecule has 3 fully saturated rings. The molecule has 232 valence electrons. The van der Waals surface area contributed by atoms with Crippen LogP contribution in [0.5, 0.6) is 5.75 Å².